The highest BCUT2D eigenvalue weighted by molar-refractivity contribution is 5.93. The highest BCUT2D eigenvalue weighted by Crippen LogP contribution is 2.50. The highest BCUT2D eigenvalue weighted by atomic mass is 16.2. The van der Waals surface area contributed by atoms with E-state index < -0.39 is 22.9 Å². The molecule has 1 saturated heterocycles. The van der Waals surface area contributed by atoms with Crippen LogP contribution in [0, 0.1) is 11.8 Å². The third-order valence-corrected chi connectivity index (χ3v) is 9.17. The van der Waals surface area contributed by atoms with Crippen LogP contribution in [0.2, 0.25) is 0 Å². The van der Waals surface area contributed by atoms with Crippen LogP contribution >= 0.6 is 0 Å². The van der Waals surface area contributed by atoms with Crippen LogP contribution in [0.15, 0.2) is 18.2 Å². The van der Waals surface area contributed by atoms with Gasteiger partial charge < -0.3 is 25.0 Å². The molecule has 2 N–H and O–H groups in total. The Morgan fingerprint density at radius 2 is 1.77 bits per heavy atom. The number of carbonyl (C=O) groups excluding carboxylic acids is 4. The summed E-state index contributed by atoms with van der Waals surface area (Å²) < 4.78 is 0. The first-order chi connectivity index (χ1) is 20.0. The molecule has 43 heavy (non-hydrogen) atoms. The monoisotopic (exact) mass is 593 g/mol. The quantitative estimate of drug-likeness (QED) is 0.474. The zero-order chi connectivity index (χ0) is 32.0. The number of aromatic amines is 1. The Labute approximate surface area is 256 Å². The van der Waals surface area contributed by atoms with E-state index in [4.69, 9.17) is 0 Å². The van der Waals surface area contributed by atoms with Crippen molar-refractivity contribution in [2.24, 2.45) is 11.8 Å². The molecule has 0 aliphatic carbocycles. The Balaban J connectivity index is 1.78. The van der Waals surface area contributed by atoms with Gasteiger partial charge in [0.05, 0.1) is 11.5 Å². The third-order valence-electron chi connectivity index (χ3n) is 9.17. The van der Waals surface area contributed by atoms with Crippen molar-refractivity contribution in [3.63, 3.8) is 0 Å². The van der Waals surface area contributed by atoms with Crippen molar-refractivity contribution >= 4 is 34.5 Å². The average molecular weight is 594 g/mol. The van der Waals surface area contributed by atoms with Crippen molar-refractivity contribution < 1.29 is 19.2 Å². The molecule has 0 unspecified atom stereocenters. The minimum atomic E-state index is -0.888. The van der Waals surface area contributed by atoms with Crippen molar-refractivity contribution in [2.75, 3.05) is 20.6 Å². The maximum atomic E-state index is 14.5. The van der Waals surface area contributed by atoms with E-state index in [0.29, 0.717) is 32.2 Å². The van der Waals surface area contributed by atoms with Gasteiger partial charge in [-0.25, -0.2) is 0 Å². The molecule has 3 heterocycles. The molecule has 0 bridgehead atoms. The smallest absolute Gasteiger partial charge is 0.228 e. The lowest BCUT2D eigenvalue weighted by Crippen LogP contribution is -2.65. The maximum absolute atomic E-state index is 14.5. The normalized spacial score (nSPS) is 22.0. The Morgan fingerprint density at radius 1 is 1.12 bits per heavy atom. The first-order valence-corrected chi connectivity index (χ1v) is 15.7. The summed E-state index contributed by atoms with van der Waals surface area (Å²) in [5, 5.41) is 4.09. The molecule has 2 aromatic rings. The summed E-state index contributed by atoms with van der Waals surface area (Å²) in [4.78, 5) is 62.9. The van der Waals surface area contributed by atoms with E-state index in [1.807, 2.05) is 65.2 Å². The number of H-pyrrole nitrogens is 1. The number of amides is 4. The molecule has 0 radical (unpaired) electrons. The van der Waals surface area contributed by atoms with E-state index in [9.17, 15) is 19.2 Å². The van der Waals surface area contributed by atoms with Gasteiger partial charge in [-0.05, 0) is 91.8 Å². The largest absolute Gasteiger partial charge is 0.356 e. The highest BCUT2D eigenvalue weighted by Gasteiger charge is 2.57. The lowest BCUT2D eigenvalue weighted by molar-refractivity contribution is -0.166. The molecular formula is C34H51N5O4. The van der Waals surface area contributed by atoms with E-state index in [-0.39, 0.29) is 42.1 Å². The topological polar surface area (TPSA) is 106 Å². The number of aromatic nitrogens is 1. The van der Waals surface area contributed by atoms with Gasteiger partial charge in [0.25, 0.3) is 0 Å². The second-order valence-electron chi connectivity index (χ2n) is 14.5. The van der Waals surface area contributed by atoms with Crippen molar-refractivity contribution in [3.05, 3.63) is 35.0 Å². The number of hydrogen-bond donors (Lipinski definition) is 2. The van der Waals surface area contributed by atoms with E-state index in [1.165, 1.54) is 0 Å². The average Bonchev–Trinajstić information content (AvgIpc) is 3.26. The molecule has 9 heteroatoms. The number of nitrogens with zero attached hydrogens (tertiary/aromatic N) is 3. The predicted molar refractivity (Wildman–Crippen MR) is 169 cm³/mol. The Kier molecular flexibility index (Phi) is 9.06. The van der Waals surface area contributed by atoms with Crippen LogP contribution in [-0.2, 0) is 37.6 Å². The van der Waals surface area contributed by atoms with E-state index >= 15 is 0 Å². The first kappa shape index (κ1) is 32.6. The van der Waals surface area contributed by atoms with Gasteiger partial charge in [0.2, 0.25) is 23.6 Å². The fourth-order valence-corrected chi connectivity index (χ4v) is 7.24. The van der Waals surface area contributed by atoms with Crippen molar-refractivity contribution in [3.8, 4) is 0 Å². The Morgan fingerprint density at radius 3 is 2.35 bits per heavy atom. The lowest BCUT2D eigenvalue weighted by atomic mass is 9.67. The third kappa shape index (κ3) is 6.31. The van der Waals surface area contributed by atoms with Crippen LogP contribution in [-0.4, -0.2) is 81.6 Å². The molecule has 4 rings (SSSR count). The zero-order valence-electron chi connectivity index (χ0n) is 27.8. The number of piperidine rings is 1. The van der Waals surface area contributed by atoms with Gasteiger partial charge in [-0.15, -0.1) is 0 Å². The molecule has 0 saturated carbocycles. The van der Waals surface area contributed by atoms with E-state index in [2.05, 4.69) is 28.5 Å². The lowest BCUT2D eigenvalue weighted by Gasteiger charge is -2.54. The van der Waals surface area contributed by atoms with Gasteiger partial charge >= 0.3 is 0 Å². The SMILES string of the molecule is CC(C)N(C(=O)[C@H]1C[C@H](CC(=O)NC(C)(C)C)C(=O)N2CCc3c([nH]c4cc(CCC(=O)N(C)C)ccc34)[C@]12C)C(C)C. The Bertz CT molecular complexity index is 1390. The number of hydrogen-bond acceptors (Lipinski definition) is 4. The summed E-state index contributed by atoms with van der Waals surface area (Å²) >= 11 is 0. The number of rotatable bonds is 8. The number of benzene rings is 1. The standard InChI is InChI=1S/C34H51N5O4/c1-20(2)39(21(3)4)32(43)26-18-23(19-28(40)36-33(5,6)7)31(42)38-16-15-25-24-13-11-22(12-14-29(41)37(9)10)17-27(24)35-30(25)34(26,38)8/h11,13,17,20-21,23,26,35H,12,14-16,18-19H2,1-10H3,(H,36,40)/t23-,26-,34+/m1/s1. The fraction of sp³-hybridized carbons (Fsp3) is 0.647. The van der Waals surface area contributed by atoms with Gasteiger partial charge in [-0.3, -0.25) is 19.2 Å². The molecule has 4 amide bonds. The molecule has 1 aromatic heterocycles. The molecule has 1 fully saturated rings. The van der Waals surface area contributed by atoms with Crippen molar-refractivity contribution in [1.29, 1.82) is 0 Å². The van der Waals surface area contributed by atoms with Crippen LogP contribution in [0.4, 0.5) is 0 Å². The first-order valence-electron chi connectivity index (χ1n) is 15.7. The molecular weight excluding hydrogens is 542 g/mol. The second kappa shape index (κ2) is 12.0. The van der Waals surface area contributed by atoms with Crippen LogP contribution in [0.5, 0.6) is 0 Å². The van der Waals surface area contributed by atoms with Crippen LogP contribution in [0.25, 0.3) is 10.9 Å². The maximum Gasteiger partial charge on any atom is 0.228 e. The molecule has 236 valence electrons. The molecule has 3 atom stereocenters. The summed E-state index contributed by atoms with van der Waals surface area (Å²) in [6, 6.07) is 6.26. The number of aryl methyl sites for hydroxylation is 1. The van der Waals surface area contributed by atoms with E-state index in [0.717, 1.165) is 27.7 Å². The summed E-state index contributed by atoms with van der Waals surface area (Å²) in [5.74, 6) is -1.23. The fourth-order valence-electron chi connectivity index (χ4n) is 7.24. The zero-order valence-corrected chi connectivity index (χ0v) is 27.8. The van der Waals surface area contributed by atoms with E-state index in [1.54, 1.807) is 19.0 Å². The predicted octanol–water partition coefficient (Wildman–Crippen LogP) is 4.37. The van der Waals surface area contributed by atoms with Gasteiger partial charge in [0.15, 0.2) is 0 Å². The van der Waals surface area contributed by atoms with Gasteiger partial charge in [-0.1, -0.05) is 12.1 Å². The minimum absolute atomic E-state index is 0.0111. The summed E-state index contributed by atoms with van der Waals surface area (Å²) in [6.07, 6.45) is 2.10. The van der Waals surface area contributed by atoms with Crippen LogP contribution in [0.1, 0.15) is 91.5 Å². The minimum Gasteiger partial charge on any atom is -0.356 e. The van der Waals surface area contributed by atoms with Crippen molar-refractivity contribution in [2.45, 2.75) is 111 Å². The molecule has 2 aliphatic heterocycles. The van der Waals surface area contributed by atoms with Gasteiger partial charge in [0.1, 0.15) is 0 Å². The van der Waals surface area contributed by atoms with Gasteiger partial charge in [0, 0.05) is 73.6 Å². The second-order valence-corrected chi connectivity index (χ2v) is 14.5. The number of carbonyl (C=O) groups is 4. The summed E-state index contributed by atoms with van der Waals surface area (Å²) in [7, 11) is 3.53. The number of nitrogens with one attached hydrogen (secondary N) is 2. The molecule has 0 spiro atoms. The summed E-state index contributed by atoms with van der Waals surface area (Å²) in [6.45, 7) is 16.4. The number of fused-ring (bicyclic) bond motifs is 5. The van der Waals surface area contributed by atoms with Crippen LogP contribution in [0.3, 0.4) is 0 Å². The molecule has 9 nitrogen and oxygen atoms in total. The summed E-state index contributed by atoms with van der Waals surface area (Å²) in [5.41, 5.74) is 2.77. The van der Waals surface area contributed by atoms with Crippen LogP contribution < -0.4 is 5.32 Å². The Hall–Kier alpha value is -3.36. The van der Waals surface area contributed by atoms with Crippen molar-refractivity contribution in [1.82, 2.24) is 25.0 Å². The molecule has 2 aliphatic rings. The molecule has 1 aromatic carbocycles. The van der Waals surface area contributed by atoms with Gasteiger partial charge in [-0.2, -0.15) is 0 Å².